The second kappa shape index (κ2) is 9.83. The molecule has 1 aromatic rings. The molecule has 124 valence electrons. The Balaban J connectivity index is 0.00000127. The van der Waals surface area contributed by atoms with Gasteiger partial charge in [-0.15, -0.1) is 5.10 Å². The average molecular weight is 316 g/mol. The van der Waals surface area contributed by atoms with Gasteiger partial charge in [0.2, 0.25) is 0 Å². The first kappa shape index (κ1) is 19.0. The van der Waals surface area contributed by atoms with E-state index in [4.69, 9.17) is 10.00 Å². The molecule has 1 aliphatic heterocycles. The number of hydrogen-bond donors (Lipinski definition) is 1. The van der Waals surface area contributed by atoms with Crippen molar-refractivity contribution in [2.45, 2.75) is 46.3 Å². The standard InChI is InChI=1S/C14H19BN4O2.C2H6/c1-10-6-12(13(19-18-10)14(20)21-2)17-8-11-4-3-5-15(7-11)9-16;1-2/h6,11H,3-5,7-8H2,1-2H3,(H,17,18);1-2H3. The van der Waals surface area contributed by atoms with E-state index in [1.807, 2.05) is 20.8 Å². The summed E-state index contributed by atoms with van der Waals surface area (Å²) in [5, 5.41) is 20.1. The highest BCUT2D eigenvalue weighted by atomic mass is 16.5. The van der Waals surface area contributed by atoms with Crippen molar-refractivity contribution in [3.8, 4) is 5.97 Å². The summed E-state index contributed by atoms with van der Waals surface area (Å²) in [6, 6.07) is 1.80. The van der Waals surface area contributed by atoms with Crippen molar-refractivity contribution in [2.75, 3.05) is 19.0 Å². The molecule has 1 fully saturated rings. The van der Waals surface area contributed by atoms with E-state index in [0.717, 1.165) is 37.7 Å². The third kappa shape index (κ3) is 5.55. The van der Waals surface area contributed by atoms with Crippen LogP contribution in [0.2, 0.25) is 12.6 Å². The monoisotopic (exact) mass is 316 g/mol. The number of methoxy groups -OCH3 is 1. The third-order valence-electron chi connectivity index (χ3n) is 3.84. The molecule has 1 atom stereocenters. The number of ether oxygens (including phenoxy) is 1. The minimum Gasteiger partial charge on any atom is -0.464 e. The number of esters is 1. The molecule has 0 aromatic carbocycles. The van der Waals surface area contributed by atoms with Crippen LogP contribution in [0.5, 0.6) is 0 Å². The largest absolute Gasteiger partial charge is 0.464 e. The van der Waals surface area contributed by atoms with Crippen LogP contribution in [0.15, 0.2) is 6.07 Å². The molecule has 23 heavy (non-hydrogen) atoms. The molecule has 1 aliphatic rings. The normalized spacial score (nSPS) is 16.7. The maximum atomic E-state index is 11.7. The zero-order valence-electron chi connectivity index (χ0n) is 14.4. The number of carbonyl (C=O) groups excluding carboxylic acids is 1. The smallest absolute Gasteiger partial charge is 0.360 e. The maximum absolute atomic E-state index is 11.7. The Bertz CT molecular complexity index is 560. The Morgan fingerprint density at radius 1 is 1.52 bits per heavy atom. The SMILES string of the molecule is CC.COC(=O)c1nnc(C)cc1NCC1CCCB(C#N)C1. The van der Waals surface area contributed by atoms with Gasteiger partial charge in [-0.3, -0.25) is 0 Å². The number of nitrogens with one attached hydrogen (secondary N) is 1. The van der Waals surface area contributed by atoms with Gasteiger partial charge < -0.3 is 10.1 Å². The van der Waals surface area contributed by atoms with Gasteiger partial charge in [0.05, 0.1) is 18.5 Å². The van der Waals surface area contributed by atoms with Crippen LogP contribution >= 0.6 is 0 Å². The molecule has 0 bridgehead atoms. The Morgan fingerprint density at radius 2 is 2.26 bits per heavy atom. The van der Waals surface area contributed by atoms with E-state index in [1.54, 1.807) is 6.07 Å². The molecule has 2 rings (SSSR count). The van der Waals surface area contributed by atoms with Crippen molar-refractivity contribution in [1.82, 2.24) is 10.2 Å². The van der Waals surface area contributed by atoms with Gasteiger partial charge in [0.25, 0.3) is 6.71 Å². The number of carbonyl (C=O) groups is 1. The lowest BCUT2D eigenvalue weighted by Gasteiger charge is -2.24. The molecule has 2 heterocycles. The van der Waals surface area contributed by atoms with Gasteiger partial charge >= 0.3 is 5.97 Å². The van der Waals surface area contributed by atoms with E-state index in [2.05, 4.69) is 21.5 Å². The molecule has 0 radical (unpaired) electrons. The molecule has 1 saturated heterocycles. The summed E-state index contributed by atoms with van der Waals surface area (Å²) in [6.07, 6.45) is 4.10. The molecule has 0 amide bonds. The molecule has 0 aliphatic carbocycles. The lowest BCUT2D eigenvalue weighted by Crippen LogP contribution is -2.26. The van der Waals surface area contributed by atoms with Crippen molar-refractivity contribution >= 4 is 18.4 Å². The van der Waals surface area contributed by atoms with Crippen LogP contribution in [-0.4, -0.2) is 36.5 Å². The lowest BCUT2D eigenvalue weighted by molar-refractivity contribution is 0.0594. The molecular weight excluding hydrogens is 291 g/mol. The molecule has 7 heteroatoms. The summed E-state index contributed by atoms with van der Waals surface area (Å²) in [5.41, 5.74) is 1.59. The Morgan fingerprint density at radius 3 is 2.91 bits per heavy atom. The van der Waals surface area contributed by atoms with Crippen molar-refractivity contribution in [1.29, 1.82) is 5.26 Å². The summed E-state index contributed by atoms with van der Waals surface area (Å²) in [5.74, 6) is 2.31. The van der Waals surface area contributed by atoms with Gasteiger partial charge in [-0.1, -0.05) is 39.3 Å². The Kier molecular flexibility index (Phi) is 8.10. The summed E-state index contributed by atoms with van der Waals surface area (Å²) < 4.78 is 4.72. The van der Waals surface area contributed by atoms with Crippen LogP contribution in [-0.2, 0) is 4.74 Å². The van der Waals surface area contributed by atoms with Crippen LogP contribution in [0.4, 0.5) is 5.69 Å². The molecule has 0 saturated carbocycles. The summed E-state index contributed by atoms with van der Waals surface area (Å²) in [4.78, 5) is 11.7. The number of hydrogen-bond acceptors (Lipinski definition) is 6. The number of nitrogens with zero attached hydrogens (tertiary/aromatic N) is 3. The fourth-order valence-corrected chi connectivity index (χ4v) is 2.72. The van der Waals surface area contributed by atoms with E-state index in [-0.39, 0.29) is 12.4 Å². The third-order valence-corrected chi connectivity index (χ3v) is 3.84. The van der Waals surface area contributed by atoms with Crippen LogP contribution in [0.1, 0.15) is 42.9 Å². The highest BCUT2D eigenvalue weighted by Gasteiger charge is 2.25. The lowest BCUT2D eigenvalue weighted by atomic mass is 9.41. The summed E-state index contributed by atoms with van der Waals surface area (Å²) in [6.45, 7) is 6.71. The first-order valence-corrected chi connectivity index (χ1v) is 8.20. The first-order chi connectivity index (χ1) is 11.1. The van der Waals surface area contributed by atoms with Crippen LogP contribution in [0.25, 0.3) is 0 Å². The number of anilines is 1. The Labute approximate surface area is 138 Å². The molecule has 6 nitrogen and oxygen atoms in total. The topological polar surface area (TPSA) is 87.9 Å². The van der Waals surface area contributed by atoms with E-state index >= 15 is 0 Å². The quantitative estimate of drug-likeness (QED) is 0.678. The van der Waals surface area contributed by atoms with Crippen molar-refractivity contribution < 1.29 is 9.53 Å². The van der Waals surface area contributed by atoms with Gasteiger partial charge in [-0.05, 0) is 18.9 Å². The second-order valence-electron chi connectivity index (χ2n) is 5.48. The summed E-state index contributed by atoms with van der Waals surface area (Å²) in [7, 11) is 1.33. The average Bonchev–Trinajstić information content (AvgIpc) is 2.61. The first-order valence-electron chi connectivity index (χ1n) is 8.20. The zero-order valence-corrected chi connectivity index (χ0v) is 14.4. The van der Waals surface area contributed by atoms with Gasteiger partial charge in [0.1, 0.15) is 0 Å². The fourth-order valence-electron chi connectivity index (χ4n) is 2.72. The minimum absolute atomic E-state index is 0.155. The number of aromatic nitrogens is 2. The van der Waals surface area contributed by atoms with E-state index in [1.165, 1.54) is 7.11 Å². The molecule has 1 N–H and O–H groups in total. The van der Waals surface area contributed by atoms with Crippen molar-refractivity contribution in [3.05, 3.63) is 17.5 Å². The number of rotatable bonds is 4. The number of aryl methyl sites for hydroxylation is 1. The van der Waals surface area contributed by atoms with E-state index < -0.39 is 5.97 Å². The molecule has 1 unspecified atom stereocenters. The van der Waals surface area contributed by atoms with E-state index in [9.17, 15) is 4.79 Å². The van der Waals surface area contributed by atoms with Gasteiger partial charge in [-0.2, -0.15) is 5.10 Å². The highest BCUT2D eigenvalue weighted by molar-refractivity contribution is 6.67. The highest BCUT2D eigenvalue weighted by Crippen LogP contribution is 2.26. The minimum atomic E-state index is -0.497. The summed E-state index contributed by atoms with van der Waals surface area (Å²) >= 11 is 0. The predicted molar refractivity (Wildman–Crippen MR) is 91.7 cm³/mol. The van der Waals surface area contributed by atoms with Crippen molar-refractivity contribution in [3.63, 3.8) is 0 Å². The maximum Gasteiger partial charge on any atom is 0.360 e. The van der Waals surface area contributed by atoms with Gasteiger partial charge in [0, 0.05) is 12.5 Å². The second-order valence-corrected chi connectivity index (χ2v) is 5.48. The Hall–Kier alpha value is -2.10. The predicted octanol–water partition coefficient (Wildman–Crippen LogP) is 2.98. The fraction of sp³-hybridized carbons (Fsp3) is 0.625. The van der Waals surface area contributed by atoms with Gasteiger partial charge in [-0.25, -0.2) is 10.1 Å². The van der Waals surface area contributed by atoms with Crippen LogP contribution < -0.4 is 5.32 Å². The van der Waals surface area contributed by atoms with E-state index in [0.29, 0.717) is 11.6 Å². The van der Waals surface area contributed by atoms with Crippen LogP contribution in [0, 0.1) is 24.1 Å². The zero-order chi connectivity index (χ0) is 17.2. The number of nitriles is 1. The van der Waals surface area contributed by atoms with Crippen LogP contribution in [0.3, 0.4) is 0 Å². The van der Waals surface area contributed by atoms with Gasteiger partial charge in [0.15, 0.2) is 5.69 Å². The molecule has 0 spiro atoms. The van der Waals surface area contributed by atoms with Crippen molar-refractivity contribution in [2.24, 2.45) is 5.92 Å². The molecular formula is C16H25BN4O2. The molecule has 1 aromatic heterocycles.